The van der Waals surface area contributed by atoms with E-state index in [1.165, 1.54) is 0 Å². The highest BCUT2D eigenvalue weighted by molar-refractivity contribution is 7.89. The number of nitrogens with one attached hydrogen (secondary N) is 2. The van der Waals surface area contributed by atoms with Gasteiger partial charge < -0.3 is 10.1 Å². The SMILES string of the molecule is CCCNS(=O)(=O)c1ccccc1NC1CC(OC)C1. The molecule has 0 aromatic heterocycles. The summed E-state index contributed by atoms with van der Waals surface area (Å²) in [5, 5.41) is 3.29. The van der Waals surface area contributed by atoms with Crippen LogP contribution < -0.4 is 10.0 Å². The van der Waals surface area contributed by atoms with Crippen molar-refractivity contribution in [1.29, 1.82) is 0 Å². The summed E-state index contributed by atoms with van der Waals surface area (Å²) in [5.41, 5.74) is 0.663. The van der Waals surface area contributed by atoms with Gasteiger partial charge in [-0.1, -0.05) is 19.1 Å². The van der Waals surface area contributed by atoms with E-state index >= 15 is 0 Å². The van der Waals surface area contributed by atoms with Crippen LogP contribution in [0, 0.1) is 0 Å². The highest BCUT2D eigenvalue weighted by Gasteiger charge is 2.30. The van der Waals surface area contributed by atoms with Gasteiger partial charge in [-0.15, -0.1) is 0 Å². The second-order valence-corrected chi connectivity index (χ2v) is 6.80. The third-order valence-electron chi connectivity index (χ3n) is 3.51. The molecular weight excluding hydrogens is 276 g/mol. The second-order valence-electron chi connectivity index (χ2n) is 5.06. The minimum absolute atomic E-state index is 0.280. The van der Waals surface area contributed by atoms with Crippen LogP contribution in [0.15, 0.2) is 29.2 Å². The Hall–Kier alpha value is -1.11. The molecule has 112 valence electrons. The van der Waals surface area contributed by atoms with Crippen molar-refractivity contribution in [3.8, 4) is 0 Å². The van der Waals surface area contributed by atoms with Crippen LogP contribution in [0.5, 0.6) is 0 Å². The van der Waals surface area contributed by atoms with Crippen molar-refractivity contribution in [3.05, 3.63) is 24.3 Å². The third kappa shape index (κ3) is 3.50. The minimum atomic E-state index is -3.45. The van der Waals surface area contributed by atoms with Gasteiger partial charge in [0.05, 0.1) is 11.8 Å². The van der Waals surface area contributed by atoms with Gasteiger partial charge in [0.2, 0.25) is 10.0 Å². The summed E-state index contributed by atoms with van der Waals surface area (Å²) < 4.78 is 32.3. The second kappa shape index (κ2) is 6.56. The maximum atomic E-state index is 12.2. The molecular formula is C14H22N2O3S. The number of ether oxygens (including phenoxy) is 1. The number of methoxy groups -OCH3 is 1. The van der Waals surface area contributed by atoms with Gasteiger partial charge in [0, 0.05) is 19.7 Å². The van der Waals surface area contributed by atoms with Crippen LogP contribution in [-0.4, -0.2) is 34.2 Å². The summed E-state index contributed by atoms with van der Waals surface area (Å²) in [5.74, 6) is 0. The molecule has 2 N–H and O–H groups in total. The highest BCUT2D eigenvalue weighted by atomic mass is 32.2. The fourth-order valence-corrected chi connectivity index (χ4v) is 3.53. The van der Waals surface area contributed by atoms with Crippen molar-refractivity contribution in [2.24, 2.45) is 0 Å². The van der Waals surface area contributed by atoms with E-state index in [1.54, 1.807) is 25.3 Å². The van der Waals surface area contributed by atoms with Crippen molar-refractivity contribution in [2.75, 3.05) is 19.0 Å². The Morgan fingerprint density at radius 3 is 2.65 bits per heavy atom. The van der Waals surface area contributed by atoms with Gasteiger partial charge in [0.25, 0.3) is 0 Å². The smallest absolute Gasteiger partial charge is 0.242 e. The fraction of sp³-hybridized carbons (Fsp3) is 0.571. The van der Waals surface area contributed by atoms with E-state index in [-0.39, 0.29) is 12.1 Å². The number of hydrogen-bond donors (Lipinski definition) is 2. The zero-order valence-electron chi connectivity index (χ0n) is 11.9. The van der Waals surface area contributed by atoms with Crippen LogP contribution in [0.2, 0.25) is 0 Å². The maximum Gasteiger partial charge on any atom is 0.242 e. The van der Waals surface area contributed by atoms with Crippen molar-refractivity contribution < 1.29 is 13.2 Å². The number of rotatable bonds is 7. The zero-order valence-corrected chi connectivity index (χ0v) is 12.7. The van der Waals surface area contributed by atoms with Gasteiger partial charge in [-0.05, 0) is 31.4 Å². The molecule has 0 atom stereocenters. The minimum Gasteiger partial charge on any atom is -0.381 e. The topological polar surface area (TPSA) is 67.4 Å². The van der Waals surface area contributed by atoms with Crippen LogP contribution in [0.1, 0.15) is 26.2 Å². The van der Waals surface area contributed by atoms with Gasteiger partial charge in [-0.25, -0.2) is 13.1 Å². The van der Waals surface area contributed by atoms with E-state index < -0.39 is 10.0 Å². The predicted octanol–water partition coefficient (Wildman–Crippen LogP) is 1.96. The van der Waals surface area contributed by atoms with Crippen LogP contribution in [0.3, 0.4) is 0 Å². The lowest BCUT2D eigenvalue weighted by atomic mass is 9.89. The molecule has 0 amide bonds. The molecule has 1 aromatic rings. The molecule has 0 radical (unpaired) electrons. The van der Waals surface area contributed by atoms with E-state index in [9.17, 15) is 8.42 Å². The molecule has 0 bridgehead atoms. The van der Waals surface area contributed by atoms with E-state index in [0.29, 0.717) is 17.1 Å². The lowest BCUT2D eigenvalue weighted by Crippen LogP contribution is -2.40. The summed E-state index contributed by atoms with van der Waals surface area (Å²) in [7, 11) is -1.74. The lowest BCUT2D eigenvalue weighted by molar-refractivity contribution is 0.0328. The summed E-state index contributed by atoms with van der Waals surface area (Å²) in [6, 6.07) is 7.30. The van der Waals surface area contributed by atoms with E-state index in [1.807, 2.05) is 13.0 Å². The molecule has 1 saturated carbocycles. The number of hydrogen-bond acceptors (Lipinski definition) is 4. The normalized spacial score (nSPS) is 22.3. The average Bonchev–Trinajstić information content (AvgIpc) is 2.40. The molecule has 5 nitrogen and oxygen atoms in total. The Bertz CT molecular complexity index is 539. The quantitative estimate of drug-likeness (QED) is 0.807. The zero-order chi connectivity index (χ0) is 14.6. The Balaban J connectivity index is 2.10. The summed E-state index contributed by atoms with van der Waals surface area (Å²) >= 11 is 0. The molecule has 6 heteroatoms. The van der Waals surface area contributed by atoms with Crippen molar-refractivity contribution in [2.45, 2.75) is 43.2 Å². The van der Waals surface area contributed by atoms with Crippen LogP contribution in [0.25, 0.3) is 0 Å². The molecule has 0 aliphatic heterocycles. The maximum absolute atomic E-state index is 12.2. The molecule has 0 saturated heterocycles. The molecule has 1 fully saturated rings. The molecule has 0 spiro atoms. The van der Waals surface area contributed by atoms with Gasteiger partial charge in [-0.3, -0.25) is 0 Å². The van der Waals surface area contributed by atoms with Crippen LogP contribution in [-0.2, 0) is 14.8 Å². The lowest BCUT2D eigenvalue weighted by Gasteiger charge is -2.35. The van der Waals surface area contributed by atoms with Crippen LogP contribution in [0.4, 0.5) is 5.69 Å². The van der Waals surface area contributed by atoms with Gasteiger partial charge in [-0.2, -0.15) is 0 Å². The molecule has 1 aromatic carbocycles. The first-order valence-corrected chi connectivity index (χ1v) is 8.43. The molecule has 1 aliphatic carbocycles. The molecule has 0 heterocycles. The fourth-order valence-electron chi connectivity index (χ4n) is 2.23. The summed E-state index contributed by atoms with van der Waals surface area (Å²) in [6.45, 7) is 2.39. The van der Waals surface area contributed by atoms with E-state index in [0.717, 1.165) is 19.3 Å². The third-order valence-corrected chi connectivity index (χ3v) is 5.03. The van der Waals surface area contributed by atoms with Crippen molar-refractivity contribution in [1.82, 2.24) is 4.72 Å². The Morgan fingerprint density at radius 2 is 2.00 bits per heavy atom. The number of para-hydroxylation sites is 1. The molecule has 0 unspecified atom stereocenters. The molecule has 20 heavy (non-hydrogen) atoms. The van der Waals surface area contributed by atoms with Gasteiger partial charge >= 0.3 is 0 Å². The Morgan fingerprint density at radius 1 is 1.30 bits per heavy atom. The summed E-state index contributed by atoms with van der Waals surface area (Å²) in [4.78, 5) is 0.314. The average molecular weight is 298 g/mol. The first-order valence-electron chi connectivity index (χ1n) is 6.95. The van der Waals surface area contributed by atoms with E-state index in [4.69, 9.17) is 4.74 Å². The number of anilines is 1. The Labute approximate surface area is 120 Å². The summed E-state index contributed by atoms with van der Waals surface area (Å²) in [6.07, 6.45) is 2.88. The largest absolute Gasteiger partial charge is 0.381 e. The van der Waals surface area contributed by atoms with E-state index in [2.05, 4.69) is 10.0 Å². The van der Waals surface area contributed by atoms with Crippen molar-refractivity contribution >= 4 is 15.7 Å². The Kier molecular flexibility index (Phi) is 5.01. The number of sulfonamides is 1. The molecule has 1 aliphatic rings. The number of benzene rings is 1. The van der Waals surface area contributed by atoms with Gasteiger partial charge in [0.15, 0.2) is 0 Å². The first-order chi connectivity index (χ1) is 9.56. The highest BCUT2D eigenvalue weighted by Crippen LogP contribution is 2.29. The van der Waals surface area contributed by atoms with Crippen molar-refractivity contribution in [3.63, 3.8) is 0 Å². The van der Waals surface area contributed by atoms with Crippen LogP contribution >= 0.6 is 0 Å². The molecule has 2 rings (SSSR count). The standard InChI is InChI=1S/C14H22N2O3S/c1-3-8-15-20(17,18)14-7-5-4-6-13(14)16-11-9-12(10-11)19-2/h4-7,11-12,15-16H,3,8-10H2,1-2H3. The van der Waals surface area contributed by atoms with Gasteiger partial charge in [0.1, 0.15) is 4.90 Å². The monoisotopic (exact) mass is 298 g/mol. The first kappa shape index (κ1) is 15.3. The predicted molar refractivity (Wildman–Crippen MR) is 79.4 cm³/mol.